The van der Waals surface area contributed by atoms with Crippen molar-refractivity contribution >= 4 is 37.7 Å². The number of carbonyl (C=O) groups excluding carboxylic acids is 1. The molecule has 4 rings (SSSR count). The average molecular weight is 516 g/mol. The molecule has 1 heterocycles. The van der Waals surface area contributed by atoms with E-state index in [1.54, 1.807) is 16.7 Å². The lowest BCUT2D eigenvalue weighted by molar-refractivity contribution is 0.111. The van der Waals surface area contributed by atoms with Crippen LogP contribution in [0.1, 0.15) is 16.1 Å². The van der Waals surface area contributed by atoms with Gasteiger partial charge in [-0.1, -0.05) is 66.2 Å². The standard InChI is InChI=1S/C23H18ClN3O5S2/c24-22-19(15-28)27(23(26-22)17-6-2-1-3-7-17)14-16-10-12-18(13-11-16)33(29,30)20-8-4-5-9-21(20)34(25,31)32/h1-13,15H,14H2,(H2,25,31,32). The number of hydrogen-bond acceptors (Lipinski definition) is 6. The van der Waals surface area contributed by atoms with E-state index in [1.807, 2.05) is 30.3 Å². The Hall–Kier alpha value is -3.31. The molecule has 0 aliphatic carbocycles. The fourth-order valence-electron chi connectivity index (χ4n) is 3.51. The molecule has 11 heteroatoms. The van der Waals surface area contributed by atoms with Crippen LogP contribution in [0, 0.1) is 0 Å². The second-order valence-electron chi connectivity index (χ2n) is 7.32. The molecule has 0 fully saturated rings. The number of halogens is 1. The zero-order chi connectivity index (χ0) is 24.5. The maximum absolute atomic E-state index is 13.1. The van der Waals surface area contributed by atoms with Crippen LogP contribution in [0.25, 0.3) is 11.4 Å². The smallest absolute Gasteiger partial charge is 0.239 e. The molecule has 8 nitrogen and oxygen atoms in total. The second-order valence-corrected chi connectivity index (χ2v) is 11.1. The molecule has 0 amide bonds. The summed E-state index contributed by atoms with van der Waals surface area (Å²) >= 11 is 6.17. The molecule has 34 heavy (non-hydrogen) atoms. The molecule has 2 N–H and O–H groups in total. The summed E-state index contributed by atoms with van der Waals surface area (Å²) in [5.74, 6) is 0.492. The highest BCUT2D eigenvalue weighted by Crippen LogP contribution is 2.28. The SMILES string of the molecule is NS(=O)(=O)c1ccccc1S(=O)(=O)c1ccc(Cn2c(-c3ccccc3)nc(Cl)c2C=O)cc1. The molecule has 1 aromatic heterocycles. The Kier molecular flexibility index (Phi) is 6.41. The maximum atomic E-state index is 13.1. The highest BCUT2D eigenvalue weighted by Gasteiger charge is 2.26. The number of rotatable bonds is 7. The van der Waals surface area contributed by atoms with Crippen molar-refractivity contribution in [1.29, 1.82) is 0 Å². The molecular formula is C23H18ClN3O5S2. The summed E-state index contributed by atoms with van der Waals surface area (Å²) in [5, 5.41) is 5.26. The number of imidazole rings is 1. The number of nitrogens with zero attached hydrogens (tertiary/aromatic N) is 2. The van der Waals surface area contributed by atoms with Crippen molar-refractivity contribution in [3.8, 4) is 11.4 Å². The van der Waals surface area contributed by atoms with Crippen LogP contribution in [0.15, 0.2) is 93.5 Å². The van der Waals surface area contributed by atoms with Crippen LogP contribution in [-0.2, 0) is 26.4 Å². The first-order chi connectivity index (χ1) is 16.1. The predicted molar refractivity (Wildman–Crippen MR) is 127 cm³/mol. The van der Waals surface area contributed by atoms with Gasteiger partial charge in [0.1, 0.15) is 16.4 Å². The van der Waals surface area contributed by atoms with E-state index in [4.69, 9.17) is 16.7 Å². The van der Waals surface area contributed by atoms with Crippen LogP contribution in [0.5, 0.6) is 0 Å². The number of nitrogens with two attached hydrogens (primary N) is 1. The van der Waals surface area contributed by atoms with Crippen LogP contribution < -0.4 is 5.14 Å². The van der Waals surface area contributed by atoms with E-state index in [0.29, 0.717) is 17.7 Å². The van der Waals surface area contributed by atoms with Gasteiger partial charge in [0.2, 0.25) is 19.9 Å². The van der Waals surface area contributed by atoms with Gasteiger partial charge in [-0.2, -0.15) is 0 Å². The number of aldehydes is 1. The summed E-state index contributed by atoms with van der Waals surface area (Å²) in [5.41, 5.74) is 1.63. The van der Waals surface area contributed by atoms with Gasteiger partial charge in [0.25, 0.3) is 0 Å². The van der Waals surface area contributed by atoms with Gasteiger partial charge in [-0.05, 0) is 29.8 Å². The van der Waals surface area contributed by atoms with E-state index in [-0.39, 0.29) is 22.3 Å². The molecule has 0 saturated carbocycles. The van der Waals surface area contributed by atoms with Crippen molar-refractivity contribution in [1.82, 2.24) is 9.55 Å². The van der Waals surface area contributed by atoms with Gasteiger partial charge >= 0.3 is 0 Å². The summed E-state index contributed by atoms with van der Waals surface area (Å²) in [6.45, 7) is 0.201. The molecule has 4 aromatic rings. The van der Waals surface area contributed by atoms with Crippen molar-refractivity contribution < 1.29 is 21.6 Å². The molecule has 0 bridgehead atoms. The quantitative estimate of drug-likeness (QED) is 0.375. The number of sulfonamides is 1. The first-order valence-electron chi connectivity index (χ1n) is 9.85. The van der Waals surface area contributed by atoms with Gasteiger partial charge in [-0.3, -0.25) is 4.79 Å². The molecule has 0 aliphatic heterocycles. The maximum Gasteiger partial charge on any atom is 0.239 e. The molecule has 0 atom stereocenters. The van der Waals surface area contributed by atoms with Gasteiger partial charge in [0.15, 0.2) is 11.4 Å². The van der Waals surface area contributed by atoms with E-state index in [9.17, 15) is 21.6 Å². The minimum absolute atomic E-state index is 0.0626. The third-order valence-corrected chi connectivity index (χ3v) is 8.33. The van der Waals surface area contributed by atoms with Gasteiger partial charge in [0.05, 0.1) is 9.79 Å². The van der Waals surface area contributed by atoms with Crippen molar-refractivity contribution in [3.63, 3.8) is 0 Å². The lowest BCUT2D eigenvalue weighted by Gasteiger charge is -2.12. The molecule has 0 saturated heterocycles. The summed E-state index contributed by atoms with van der Waals surface area (Å²) in [6, 6.07) is 20.2. The van der Waals surface area contributed by atoms with Gasteiger partial charge in [-0.25, -0.2) is 27.0 Å². The van der Waals surface area contributed by atoms with E-state index >= 15 is 0 Å². The second kappa shape index (κ2) is 9.15. The lowest BCUT2D eigenvalue weighted by Crippen LogP contribution is -2.16. The number of primary sulfonamides is 1. The van der Waals surface area contributed by atoms with Gasteiger partial charge in [0, 0.05) is 12.1 Å². The van der Waals surface area contributed by atoms with Crippen molar-refractivity contribution in [3.05, 3.63) is 95.3 Å². The van der Waals surface area contributed by atoms with E-state index in [1.165, 1.54) is 30.3 Å². The lowest BCUT2D eigenvalue weighted by atomic mass is 10.2. The Morgan fingerprint density at radius 3 is 2.03 bits per heavy atom. The number of hydrogen-bond donors (Lipinski definition) is 1. The fraction of sp³-hybridized carbons (Fsp3) is 0.0435. The predicted octanol–water partition coefficient (Wildman–Crippen LogP) is 3.54. The molecule has 0 aliphatic rings. The number of aromatic nitrogens is 2. The van der Waals surface area contributed by atoms with Gasteiger partial charge < -0.3 is 4.57 Å². The number of sulfone groups is 1. The average Bonchev–Trinajstić information content (AvgIpc) is 3.14. The Morgan fingerprint density at radius 1 is 0.853 bits per heavy atom. The van der Waals surface area contributed by atoms with Crippen molar-refractivity contribution in [2.24, 2.45) is 5.14 Å². The first-order valence-corrected chi connectivity index (χ1v) is 13.3. The third kappa shape index (κ3) is 4.53. The molecule has 174 valence electrons. The minimum Gasteiger partial charge on any atom is -0.316 e. The van der Waals surface area contributed by atoms with Gasteiger partial charge in [-0.15, -0.1) is 0 Å². The summed E-state index contributed by atoms with van der Waals surface area (Å²) < 4.78 is 51.6. The monoisotopic (exact) mass is 515 g/mol. The van der Waals surface area contributed by atoms with E-state index in [2.05, 4.69) is 4.98 Å². The molecular weight excluding hydrogens is 498 g/mol. The van der Waals surface area contributed by atoms with Crippen molar-refractivity contribution in [2.45, 2.75) is 21.2 Å². The van der Waals surface area contributed by atoms with Crippen molar-refractivity contribution in [2.75, 3.05) is 0 Å². The zero-order valence-corrected chi connectivity index (χ0v) is 19.9. The number of benzene rings is 3. The number of carbonyl (C=O) groups is 1. The van der Waals surface area contributed by atoms with Crippen LogP contribution >= 0.6 is 11.6 Å². The fourth-order valence-corrected chi connectivity index (χ4v) is 6.37. The Morgan fingerprint density at radius 2 is 1.44 bits per heavy atom. The molecule has 3 aromatic carbocycles. The first kappa shape index (κ1) is 23.8. The Balaban J connectivity index is 1.72. The molecule has 0 unspecified atom stereocenters. The Bertz CT molecular complexity index is 1580. The van der Waals surface area contributed by atoms with Crippen LogP contribution in [-0.4, -0.2) is 32.7 Å². The summed E-state index contributed by atoms with van der Waals surface area (Å²) in [7, 11) is -8.40. The summed E-state index contributed by atoms with van der Waals surface area (Å²) in [6.07, 6.45) is 0.616. The topological polar surface area (TPSA) is 129 Å². The Labute approximate surface area is 201 Å². The molecule has 0 spiro atoms. The highest BCUT2D eigenvalue weighted by atomic mass is 35.5. The molecule has 0 radical (unpaired) electrons. The summed E-state index contributed by atoms with van der Waals surface area (Å²) in [4.78, 5) is 15.0. The van der Waals surface area contributed by atoms with E-state index in [0.717, 1.165) is 11.6 Å². The van der Waals surface area contributed by atoms with E-state index < -0.39 is 29.7 Å². The van der Waals surface area contributed by atoms with Crippen LogP contribution in [0.2, 0.25) is 5.15 Å². The normalized spacial score (nSPS) is 11.9. The zero-order valence-electron chi connectivity index (χ0n) is 17.5. The highest BCUT2D eigenvalue weighted by molar-refractivity contribution is 7.93. The van der Waals surface area contributed by atoms with Crippen LogP contribution in [0.4, 0.5) is 0 Å². The van der Waals surface area contributed by atoms with Crippen LogP contribution in [0.3, 0.4) is 0 Å². The third-order valence-electron chi connectivity index (χ3n) is 5.13. The largest absolute Gasteiger partial charge is 0.316 e. The minimum atomic E-state index is -4.25.